The monoisotopic (exact) mass is 319 g/mol. The highest BCUT2D eigenvalue weighted by molar-refractivity contribution is 6.00. The average Bonchev–Trinajstić information content (AvgIpc) is 2.57. The van der Waals surface area contributed by atoms with Gasteiger partial charge >= 0.3 is 0 Å². The number of benzene rings is 1. The number of rotatable bonds is 3. The van der Waals surface area contributed by atoms with Gasteiger partial charge in [-0.25, -0.2) is 0 Å². The van der Waals surface area contributed by atoms with E-state index in [2.05, 4.69) is 16.0 Å². The fourth-order valence-electron chi connectivity index (χ4n) is 2.62. The molecule has 0 bridgehead atoms. The molecule has 3 N–H and O–H groups in total. The molecule has 1 heterocycles. The van der Waals surface area contributed by atoms with Gasteiger partial charge in [0.05, 0.1) is 7.11 Å². The molecule has 1 aromatic carbocycles. The number of para-hydroxylation sites is 1. The summed E-state index contributed by atoms with van der Waals surface area (Å²) in [6.07, 6.45) is 2.05. The summed E-state index contributed by atoms with van der Waals surface area (Å²) in [6, 6.07) is 7.48. The molecule has 23 heavy (non-hydrogen) atoms. The van der Waals surface area contributed by atoms with Crippen LogP contribution in [0, 0.1) is 5.92 Å². The summed E-state index contributed by atoms with van der Waals surface area (Å²) >= 11 is 0. The first-order chi connectivity index (χ1) is 11.2. The van der Waals surface area contributed by atoms with Gasteiger partial charge < -0.3 is 20.7 Å². The van der Waals surface area contributed by atoms with Gasteiger partial charge in [-0.2, -0.15) is 0 Å². The van der Waals surface area contributed by atoms with E-state index in [4.69, 9.17) is 4.74 Å². The first-order valence-electron chi connectivity index (χ1n) is 8.10. The molecule has 0 saturated carbocycles. The lowest BCUT2D eigenvalue weighted by molar-refractivity contribution is -0.135. The van der Waals surface area contributed by atoms with Gasteiger partial charge in [0.1, 0.15) is 11.7 Å². The fourth-order valence-corrected chi connectivity index (χ4v) is 2.62. The highest BCUT2D eigenvalue weighted by atomic mass is 16.5. The minimum atomic E-state index is -0.737. The van der Waals surface area contributed by atoms with Crippen LogP contribution in [0.3, 0.4) is 0 Å². The standard InChI is InChI=1S/C17H25N3O3/c1-23-15-7-3-2-6-13(15)12-14-16(21)19-10-4-8-18-9-5-11-20-17(14)22/h2-3,6-7,14,18H,4-5,8-12H2,1H3,(H,19,21)(H,20,22). The summed E-state index contributed by atoms with van der Waals surface area (Å²) in [6.45, 7) is 2.87. The Labute approximate surface area is 137 Å². The summed E-state index contributed by atoms with van der Waals surface area (Å²) in [5.74, 6) is -0.495. The number of ether oxygens (including phenoxy) is 1. The quantitative estimate of drug-likeness (QED) is 0.708. The topological polar surface area (TPSA) is 79.5 Å². The largest absolute Gasteiger partial charge is 0.496 e. The first kappa shape index (κ1) is 17.3. The molecule has 2 amide bonds. The highest BCUT2D eigenvalue weighted by Gasteiger charge is 2.27. The van der Waals surface area contributed by atoms with Gasteiger partial charge in [-0.05, 0) is 44.0 Å². The number of methoxy groups -OCH3 is 1. The molecular weight excluding hydrogens is 294 g/mol. The lowest BCUT2D eigenvalue weighted by Crippen LogP contribution is -2.44. The molecule has 1 aromatic rings. The summed E-state index contributed by atoms with van der Waals surface area (Å²) < 4.78 is 5.32. The Kier molecular flexibility index (Phi) is 6.87. The van der Waals surface area contributed by atoms with Crippen molar-refractivity contribution in [3.05, 3.63) is 29.8 Å². The Morgan fingerprint density at radius 1 is 1.00 bits per heavy atom. The zero-order valence-electron chi connectivity index (χ0n) is 13.6. The van der Waals surface area contributed by atoms with E-state index in [1.54, 1.807) is 7.11 Å². The van der Waals surface area contributed by atoms with Crippen LogP contribution in [-0.2, 0) is 16.0 Å². The van der Waals surface area contributed by atoms with Crippen molar-refractivity contribution in [3.8, 4) is 5.75 Å². The maximum Gasteiger partial charge on any atom is 0.232 e. The van der Waals surface area contributed by atoms with Gasteiger partial charge in [-0.15, -0.1) is 0 Å². The summed E-state index contributed by atoms with van der Waals surface area (Å²) in [5, 5.41) is 9.00. The SMILES string of the molecule is COc1ccccc1CC1C(=O)NCCCNCCCNC1=O. The molecule has 0 aliphatic carbocycles. The molecule has 6 heteroatoms. The number of carbonyl (C=O) groups excluding carboxylic acids is 2. The van der Waals surface area contributed by atoms with Crippen LogP contribution >= 0.6 is 0 Å². The van der Waals surface area contributed by atoms with Gasteiger partial charge in [0.2, 0.25) is 11.8 Å². The van der Waals surface area contributed by atoms with Crippen molar-refractivity contribution in [1.29, 1.82) is 0 Å². The molecule has 0 atom stereocenters. The molecule has 1 aliphatic rings. The van der Waals surface area contributed by atoms with Crippen molar-refractivity contribution in [2.24, 2.45) is 5.92 Å². The van der Waals surface area contributed by atoms with Crippen molar-refractivity contribution in [1.82, 2.24) is 16.0 Å². The summed E-state index contributed by atoms with van der Waals surface area (Å²) in [7, 11) is 1.59. The number of hydrogen-bond acceptors (Lipinski definition) is 4. The van der Waals surface area contributed by atoms with Crippen molar-refractivity contribution >= 4 is 11.8 Å². The molecule has 1 saturated heterocycles. The van der Waals surface area contributed by atoms with Crippen molar-refractivity contribution in [2.75, 3.05) is 33.3 Å². The lowest BCUT2D eigenvalue weighted by atomic mass is 9.96. The normalized spacial score (nSPS) is 18.3. The van der Waals surface area contributed by atoms with E-state index >= 15 is 0 Å². The molecule has 0 spiro atoms. The third-order valence-corrected chi connectivity index (χ3v) is 3.91. The van der Waals surface area contributed by atoms with Crippen LogP contribution in [0.15, 0.2) is 24.3 Å². The van der Waals surface area contributed by atoms with Crippen LogP contribution in [0.1, 0.15) is 18.4 Å². The van der Waals surface area contributed by atoms with Gasteiger partial charge in [0.25, 0.3) is 0 Å². The Morgan fingerprint density at radius 2 is 1.61 bits per heavy atom. The van der Waals surface area contributed by atoms with Gasteiger partial charge in [-0.1, -0.05) is 18.2 Å². The minimum absolute atomic E-state index is 0.228. The van der Waals surface area contributed by atoms with Gasteiger partial charge in [0.15, 0.2) is 0 Å². The van der Waals surface area contributed by atoms with Gasteiger partial charge in [-0.3, -0.25) is 9.59 Å². The lowest BCUT2D eigenvalue weighted by Gasteiger charge is -2.19. The first-order valence-corrected chi connectivity index (χ1v) is 8.10. The average molecular weight is 319 g/mol. The second-order valence-corrected chi connectivity index (χ2v) is 5.61. The highest BCUT2D eigenvalue weighted by Crippen LogP contribution is 2.21. The predicted octanol–water partition coefficient (Wildman–Crippen LogP) is 0.470. The molecule has 1 aliphatic heterocycles. The Bertz CT molecular complexity index is 512. The summed E-state index contributed by atoms with van der Waals surface area (Å²) in [4.78, 5) is 24.8. The van der Waals surface area contributed by atoms with Crippen LogP contribution in [0.2, 0.25) is 0 Å². The van der Waals surface area contributed by atoms with Crippen molar-refractivity contribution in [2.45, 2.75) is 19.3 Å². The molecule has 126 valence electrons. The zero-order chi connectivity index (χ0) is 16.5. The van der Waals surface area contributed by atoms with Crippen LogP contribution in [-0.4, -0.2) is 45.1 Å². The van der Waals surface area contributed by atoms with Crippen LogP contribution < -0.4 is 20.7 Å². The second kappa shape index (κ2) is 9.15. The van der Waals surface area contributed by atoms with E-state index in [1.165, 1.54) is 0 Å². The third-order valence-electron chi connectivity index (χ3n) is 3.91. The molecule has 0 radical (unpaired) electrons. The van der Waals surface area contributed by atoms with Crippen LogP contribution in [0.25, 0.3) is 0 Å². The number of hydrogen-bond donors (Lipinski definition) is 3. The van der Waals surface area contributed by atoms with Crippen LogP contribution in [0.5, 0.6) is 5.75 Å². The summed E-state index contributed by atoms with van der Waals surface area (Å²) in [5.41, 5.74) is 0.860. The van der Waals surface area contributed by atoms with Crippen molar-refractivity contribution in [3.63, 3.8) is 0 Å². The Hall–Kier alpha value is -2.08. The predicted molar refractivity (Wildman–Crippen MR) is 88.3 cm³/mol. The zero-order valence-corrected chi connectivity index (χ0v) is 13.6. The minimum Gasteiger partial charge on any atom is -0.496 e. The van der Waals surface area contributed by atoms with E-state index in [0.717, 1.165) is 31.5 Å². The van der Waals surface area contributed by atoms with E-state index in [9.17, 15) is 9.59 Å². The third kappa shape index (κ3) is 5.25. The van der Waals surface area contributed by atoms with E-state index < -0.39 is 5.92 Å². The molecule has 1 fully saturated rings. The molecule has 2 rings (SSSR count). The van der Waals surface area contributed by atoms with E-state index in [-0.39, 0.29) is 11.8 Å². The number of amides is 2. The van der Waals surface area contributed by atoms with E-state index in [0.29, 0.717) is 25.3 Å². The molecule has 0 unspecified atom stereocenters. The molecule has 6 nitrogen and oxygen atoms in total. The van der Waals surface area contributed by atoms with Crippen LogP contribution in [0.4, 0.5) is 0 Å². The Morgan fingerprint density at radius 3 is 2.22 bits per heavy atom. The maximum absolute atomic E-state index is 12.4. The fraction of sp³-hybridized carbons (Fsp3) is 0.529. The second-order valence-electron chi connectivity index (χ2n) is 5.61. The van der Waals surface area contributed by atoms with E-state index in [1.807, 2.05) is 24.3 Å². The number of carbonyl (C=O) groups is 2. The smallest absolute Gasteiger partial charge is 0.232 e. The molecular formula is C17H25N3O3. The van der Waals surface area contributed by atoms with Crippen molar-refractivity contribution < 1.29 is 14.3 Å². The molecule has 0 aromatic heterocycles. The number of nitrogens with one attached hydrogen (secondary N) is 3. The van der Waals surface area contributed by atoms with Gasteiger partial charge in [0, 0.05) is 13.1 Å². The maximum atomic E-state index is 12.4. The Balaban J connectivity index is 2.12.